The van der Waals surface area contributed by atoms with Gasteiger partial charge >= 0.3 is 5.97 Å². The van der Waals surface area contributed by atoms with Crippen molar-refractivity contribution in [2.45, 2.75) is 13.5 Å². The smallest absolute Gasteiger partial charge is 0.363 e. The number of carbonyl (C=O) groups is 1. The molecule has 0 fully saturated rings. The number of cyclic esters (lactones) is 1. The maximum Gasteiger partial charge on any atom is 0.363 e. The van der Waals surface area contributed by atoms with E-state index in [1.54, 1.807) is 30.3 Å². The molecule has 0 saturated carbocycles. The average molecular weight is 468 g/mol. The number of esters is 1. The predicted octanol–water partition coefficient (Wildman–Crippen LogP) is 6.32. The number of hydrogen-bond acceptors (Lipinski definition) is 5. The van der Waals surface area contributed by atoms with Crippen LogP contribution in [0.2, 0.25) is 10.0 Å². The van der Waals surface area contributed by atoms with Gasteiger partial charge in [-0.25, -0.2) is 9.79 Å². The van der Waals surface area contributed by atoms with Gasteiger partial charge in [-0.1, -0.05) is 53.5 Å². The number of benzene rings is 3. The molecule has 0 saturated heterocycles. The summed E-state index contributed by atoms with van der Waals surface area (Å²) < 4.78 is 17.0. The second-order valence-electron chi connectivity index (χ2n) is 6.88. The first kappa shape index (κ1) is 21.9. The topological polar surface area (TPSA) is 57.1 Å². The van der Waals surface area contributed by atoms with E-state index in [9.17, 15) is 4.79 Å². The van der Waals surface area contributed by atoms with E-state index in [2.05, 4.69) is 4.99 Å². The minimum absolute atomic E-state index is 0.178. The Bertz CT molecular complexity index is 1190. The number of aliphatic imine (C=N–C) groups is 1. The third-order valence-electron chi connectivity index (χ3n) is 4.57. The van der Waals surface area contributed by atoms with E-state index in [4.69, 9.17) is 37.4 Å². The third-order valence-corrected chi connectivity index (χ3v) is 5.11. The Morgan fingerprint density at radius 1 is 1.00 bits per heavy atom. The molecule has 3 aromatic carbocycles. The SMILES string of the molecule is CCOc1cc(/C=C2/N=C(c3ccccc3)OC2=O)cc(Cl)c1OCc1ccc(Cl)cc1. The molecule has 0 radical (unpaired) electrons. The molecular weight excluding hydrogens is 449 g/mol. The Labute approximate surface area is 195 Å². The summed E-state index contributed by atoms with van der Waals surface area (Å²) in [6, 6.07) is 20.0. The fraction of sp³-hybridized carbons (Fsp3) is 0.120. The Morgan fingerprint density at radius 2 is 1.75 bits per heavy atom. The van der Waals surface area contributed by atoms with Crippen molar-refractivity contribution in [2.75, 3.05) is 6.61 Å². The summed E-state index contributed by atoms with van der Waals surface area (Å²) in [6.45, 7) is 2.59. The summed E-state index contributed by atoms with van der Waals surface area (Å²) >= 11 is 12.4. The average Bonchev–Trinajstić information content (AvgIpc) is 3.15. The maximum absolute atomic E-state index is 12.3. The molecule has 1 heterocycles. The Morgan fingerprint density at radius 3 is 2.47 bits per heavy atom. The number of rotatable bonds is 7. The highest BCUT2D eigenvalue weighted by atomic mass is 35.5. The van der Waals surface area contributed by atoms with E-state index in [-0.39, 0.29) is 11.6 Å². The molecule has 1 aliphatic rings. The van der Waals surface area contributed by atoms with Crippen LogP contribution in [0.3, 0.4) is 0 Å². The Balaban J connectivity index is 1.60. The minimum atomic E-state index is -0.527. The van der Waals surface area contributed by atoms with Gasteiger partial charge in [0.25, 0.3) is 0 Å². The van der Waals surface area contributed by atoms with Gasteiger partial charge in [-0.3, -0.25) is 0 Å². The van der Waals surface area contributed by atoms with Gasteiger partial charge in [0.05, 0.1) is 11.6 Å². The second-order valence-corrected chi connectivity index (χ2v) is 7.72. The van der Waals surface area contributed by atoms with Gasteiger partial charge < -0.3 is 14.2 Å². The number of nitrogens with zero attached hydrogens (tertiary/aromatic N) is 1. The van der Waals surface area contributed by atoms with Crippen molar-refractivity contribution in [3.63, 3.8) is 0 Å². The summed E-state index contributed by atoms with van der Waals surface area (Å²) in [6.07, 6.45) is 1.61. The lowest BCUT2D eigenvalue weighted by Crippen LogP contribution is -2.05. The number of hydrogen-bond donors (Lipinski definition) is 0. The third kappa shape index (κ3) is 5.13. The van der Waals surface area contributed by atoms with Crippen LogP contribution in [0.5, 0.6) is 11.5 Å². The highest BCUT2D eigenvalue weighted by molar-refractivity contribution is 6.32. The molecule has 5 nitrogen and oxygen atoms in total. The van der Waals surface area contributed by atoms with Crippen LogP contribution >= 0.6 is 23.2 Å². The van der Waals surface area contributed by atoms with Crippen LogP contribution in [0, 0.1) is 0 Å². The molecular formula is C25H19Cl2NO4. The van der Waals surface area contributed by atoms with E-state index in [0.717, 1.165) is 11.1 Å². The van der Waals surface area contributed by atoms with Gasteiger partial charge in [-0.05, 0) is 60.5 Å². The van der Waals surface area contributed by atoms with E-state index < -0.39 is 5.97 Å². The first-order valence-electron chi connectivity index (χ1n) is 9.95. The summed E-state index contributed by atoms with van der Waals surface area (Å²) in [4.78, 5) is 16.6. The molecule has 1 aliphatic heterocycles. The summed E-state index contributed by atoms with van der Waals surface area (Å²) in [5.41, 5.74) is 2.48. The fourth-order valence-electron chi connectivity index (χ4n) is 3.08. The lowest BCUT2D eigenvalue weighted by molar-refractivity contribution is -0.129. The molecule has 32 heavy (non-hydrogen) atoms. The van der Waals surface area contributed by atoms with Crippen molar-refractivity contribution in [1.82, 2.24) is 0 Å². The monoisotopic (exact) mass is 467 g/mol. The normalized spacial score (nSPS) is 14.3. The minimum Gasteiger partial charge on any atom is -0.490 e. The van der Waals surface area contributed by atoms with Crippen LogP contribution in [0.25, 0.3) is 6.08 Å². The van der Waals surface area contributed by atoms with Crippen molar-refractivity contribution in [1.29, 1.82) is 0 Å². The maximum atomic E-state index is 12.3. The largest absolute Gasteiger partial charge is 0.490 e. The summed E-state index contributed by atoms with van der Waals surface area (Å²) in [5.74, 6) is 0.634. The first-order valence-corrected chi connectivity index (χ1v) is 10.7. The number of ether oxygens (including phenoxy) is 3. The molecule has 0 unspecified atom stereocenters. The molecule has 0 amide bonds. The standard InChI is InChI=1S/C25H19Cl2NO4/c1-2-30-22-14-17(12-20(27)23(22)31-15-16-8-10-19(26)11-9-16)13-21-25(29)32-24(28-21)18-6-4-3-5-7-18/h3-14H,2,15H2,1H3/b21-13+. The van der Waals surface area contributed by atoms with E-state index >= 15 is 0 Å². The summed E-state index contributed by atoms with van der Waals surface area (Å²) in [5, 5.41) is 1.01. The van der Waals surface area contributed by atoms with Crippen LogP contribution in [-0.2, 0) is 16.1 Å². The lowest BCUT2D eigenvalue weighted by Gasteiger charge is -2.14. The van der Waals surface area contributed by atoms with Gasteiger partial charge in [-0.15, -0.1) is 0 Å². The van der Waals surface area contributed by atoms with Crippen LogP contribution < -0.4 is 9.47 Å². The van der Waals surface area contributed by atoms with E-state index in [1.165, 1.54) is 0 Å². The predicted molar refractivity (Wildman–Crippen MR) is 125 cm³/mol. The zero-order chi connectivity index (χ0) is 22.5. The molecule has 0 aliphatic carbocycles. The molecule has 162 valence electrons. The van der Waals surface area contributed by atoms with Crippen LogP contribution in [0.1, 0.15) is 23.6 Å². The van der Waals surface area contributed by atoms with Crippen molar-refractivity contribution in [2.24, 2.45) is 4.99 Å². The van der Waals surface area contributed by atoms with Crippen LogP contribution in [0.4, 0.5) is 0 Å². The van der Waals surface area contributed by atoms with Gasteiger partial charge in [0.15, 0.2) is 17.2 Å². The van der Waals surface area contributed by atoms with Crippen LogP contribution in [0.15, 0.2) is 77.4 Å². The molecule has 0 aromatic heterocycles. The molecule has 4 rings (SSSR count). The number of halogens is 2. The lowest BCUT2D eigenvalue weighted by atomic mass is 10.1. The van der Waals surface area contributed by atoms with Crippen molar-refractivity contribution >= 4 is 41.1 Å². The van der Waals surface area contributed by atoms with E-state index in [1.807, 2.05) is 49.4 Å². The molecule has 0 bridgehead atoms. The van der Waals surface area contributed by atoms with Crippen molar-refractivity contribution < 1.29 is 19.0 Å². The van der Waals surface area contributed by atoms with Gasteiger partial charge in [-0.2, -0.15) is 0 Å². The molecule has 0 spiro atoms. The Kier molecular flexibility index (Phi) is 6.78. The van der Waals surface area contributed by atoms with Crippen molar-refractivity contribution in [3.05, 3.63) is 99.2 Å². The van der Waals surface area contributed by atoms with Crippen molar-refractivity contribution in [3.8, 4) is 11.5 Å². The van der Waals surface area contributed by atoms with Gasteiger partial charge in [0, 0.05) is 10.6 Å². The first-order chi connectivity index (χ1) is 15.5. The zero-order valence-corrected chi connectivity index (χ0v) is 18.7. The van der Waals surface area contributed by atoms with E-state index in [0.29, 0.717) is 40.3 Å². The zero-order valence-electron chi connectivity index (χ0n) is 17.2. The second kappa shape index (κ2) is 9.90. The molecule has 0 N–H and O–H groups in total. The molecule has 7 heteroatoms. The quantitative estimate of drug-likeness (QED) is 0.301. The Hall–Kier alpha value is -3.28. The van der Waals surface area contributed by atoms with Gasteiger partial charge in [0.2, 0.25) is 5.90 Å². The highest BCUT2D eigenvalue weighted by Gasteiger charge is 2.24. The molecule has 0 atom stereocenters. The fourth-order valence-corrected chi connectivity index (χ4v) is 3.48. The van der Waals surface area contributed by atoms with Crippen LogP contribution in [-0.4, -0.2) is 18.5 Å². The van der Waals surface area contributed by atoms with Gasteiger partial charge in [0.1, 0.15) is 6.61 Å². The molecule has 3 aromatic rings. The summed E-state index contributed by atoms with van der Waals surface area (Å²) in [7, 11) is 0. The highest BCUT2D eigenvalue weighted by Crippen LogP contribution is 2.38. The number of carbonyl (C=O) groups excluding carboxylic acids is 1.